The van der Waals surface area contributed by atoms with Gasteiger partial charge in [-0.2, -0.15) is 0 Å². The van der Waals surface area contributed by atoms with E-state index in [1.807, 2.05) is 18.2 Å². The molecule has 3 heterocycles. The number of fused-ring (bicyclic) bond motifs is 6. The van der Waals surface area contributed by atoms with Crippen molar-refractivity contribution in [3.05, 3.63) is 89.5 Å². The molecule has 0 saturated carbocycles. The van der Waals surface area contributed by atoms with Crippen molar-refractivity contribution >= 4 is 8.37 Å². The van der Waals surface area contributed by atoms with E-state index in [1.54, 1.807) is 21.3 Å². The average molecular weight is 535 g/mol. The molecular weight excluding hydrogens is 495 g/mol. The SMILES string of the molecule is COc1cccc(CN2CCN3CCN(Cc4cccc(OC)c4)P2N(Cc2cccc(OC)c2)CC3)c1. The molecule has 0 aromatic heterocycles. The highest BCUT2D eigenvalue weighted by Gasteiger charge is 2.36. The molecule has 7 nitrogen and oxygen atoms in total. The van der Waals surface area contributed by atoms with Crippen molar-refractivity contribution in [2.75, 3.05) is 60.6 Å². The Morgan fingerprint density at radius 2 is 0.868 bits per heavy atom. The summed E-state index contributed by atoms with van der Waals surface area (Å²) in [5.41, 5.74) is 3.85. The number of hydrogen-bond acceptors (Lipinski definition) is 7. The van der Waals surface area contributed by atoms with Gasteiger partial charge in [0.15, 0.2) is 0 Å². The molecule has 0 N–H and O–H groups in total. The second-order valence-corrected chi connectivity index (χ2v) is 12.1. The quantitative estimate of drug-likeness (QED) is 0.355. The van der Waals surface area contributed by atoms with Gasteiger partial charge in [0, 0.05) is 58.9 Å². The molecular formula is C30H39N4O3P. The van der Waals surface area contributed by atoms with Crippen molar-refractivity contribution in [1.82, 2.24) is 18.9 Å². The van der Waals surface area contributed by atoms with Crippen molar-refractivity contribution in [1.29, 1.82) is 0 Å². The molecule has 38 heavy (non-hydrogen) atoms. The fourth-order valence-corrected chi connectivity index (χ4v) is 8.03. The Hall–Kier alpha value is -2.67. The Labute approximate surface area is 228 Å². The van der Waals surface area contributed by atoms with Gasteiger partial charge in [-0.15, -0.1) is 0 Å². The van der Waals surface area contributed by atoms with Crippen LogP contribution in [0.4, 0.5) is 0 Å². The standard InChI is InChI=1S/C30H39N4O3P/c1-35-28-10-4-7-25(19-28)22-32-16-13-31-14-17-33(23-26-8-5-11-29(20-26)36-2)38(32)34(18-15-31)24-27-9-6-12-30(21-27)37-3/h4-12,19-21H,13-18,22-24H2,1-3H3. The van der Waals surface area contributed by atoms with Crippen LogP contribution in [0.3, 0.4) is 0 Å². The van der Waals surface area contributed by atoms with Crippen LogP contribution in [0.2, 0.25) is 0 Å². The Kier molecular flexibility index (Phi) is 9.15. The van der Waals surface area contributed by atoms with Crippen LogP contribution >= 0.6 is 8.37 Å². The zero-order chi connectivity index (χ0) is 26.3. The smallest absolute Gasteiger partial charge is 0.121 e. The molecule has 0 spiro atoms. The van der Waals surface area contributed by atoms with Crippen molar-refractivity contribution in [3.63, 3.8) is 0 Å². The van der Waals surface area contributed by atoms with E-state index in [4.69, 9.17) is 14.2 Å². The van der Waals surface area contributed by atoms with Gasteiger partial charge in [0.2, 0.25) is 0 Å². The van der Waals surface area contributed by atoms with Gasteiger partial charge in [0.25, 0.3) is 0 Å². The monoisotopic (exact) mass is 534 g/mol. The van der Waals surface area contributed by atoms with E-state index >= 15 is 0 Å². The molecule has 0 atom stereocenters. The van der Waals surface area contributed by atoms with Crippen molar-refractivity contribution in [2.45, 2.75) is 19.6 Å². The molecule has 3 fully saturated rings. The minimum atomic E-state index is -0.730. The lowest BCUT2D eigenvalue weighted by atomic mass is 10.2. The molecule has 0 amide bonds. The maximum Gasteiger partial charge on any atom is 0.121 e. The molecule has 3 aromatic rings. The fourth-order valence-electron chi connectivity index (χ4n) is 5.28. The molecule has 2 bridgehead atoms. The van der Waals surface area contributed by atoms with E-state index in [1.165, 1.54) is 16.7 Å². The van der Waals surface area contributed by atoms with Gasteiger partial charge in [-0.05, 0) is 53.1 Å². The zero-order valence-electron chi connectivity index (χ0n) is 22.8. The van der Waals surface area contributed by atoms with Crippen LogP contribution in [0.25, 0.3) is 0 Å². The van der Waals surface area contributed by atoms with Crippen molar-refractivity contribution in [2.24, 2.45) is 0 Å². The molecule has 3 aromatic carbocycles. The number of methoxy groups -OCH3 is 3. The van der Waals surface area contributed by atoms with E-state index in [9.17, 15) is 0 Å². The molecule has 0 aliphatic carbocycles. The minimum Gasteiger partial charge on any atom is -0.497 e. The molecule has 3 aliphatic rings. The number of rotatable bonds is 9. The van der Waals surface area contributed by atoms with E-state index in [2.05, 4.69) is 73.5 Å². The third-order valence-corrected chi connectivity index (χ3v) is 9.82. The Morgan fingerprint density at radius 3 is 1.18 bits per heavy atom. The van der Waals surface area contributed by atoms with Gasteiger partial charge < -0.3 is 14.2 Å². The van der Waals surface area contributed by atoms with E-state index in [0.29, 0.717) is 0 Å². The lowest BCUT2D eigenvalue weighted by Crippen LogP contribution is -2.51. The van der Waals surface area contributed by atoms with E-state index in [-0.39, 0.29) is 0 Å². The molecule has 6 rings (SSSR count). The number of benzene rings is 3. The third-order valence-electron chi connectivity index (χ3n) is 7.28. The zero-order valence-corrected chi connectivity index (χ0v) is 23.6. The van der Waals surface area contributed by atoms with Crippen LogP contribution < -0.4 is 14.2 Å². The maximum atomic E-state index is 5.55. The Bertz CT molecular complexity index is 1050. The number of hydrogen-bond donors (Lipinski definition) is 0. The van der Waals surface area contributed by atoms with E-state index < -0.39 is 8.37 Å². The summed E-state index contributed by atoms with van der Waals surface area (Å²) in [5, 5.41) is 0. The summed E-state index contributed by atoms with van der Waals surface area (Å²) >= 11 is 0. The molecule has 0 radical (unpaired) electrons. The second-order valence-electron chi connectivity index (χ2n) is 9.83. The van der Waals surface area contributed by atoms with Crippen molar-refractivity contribution in [3.8, 4) is 17.2 Å². The predicted octanol–water partition coefficient (Wildman–Crippen LogP) is 5.07. The summed E-state index contributed by atoms with van der Waals surface area (Å²) in [5.74, 6) is 2.73. The fraction of sp³-hybridized carbons (Fsp3) is 0.400. The lowest BCUT2D eigenvalue weighted by Gasteiger charge is -2.50. The highest BCUT2D eigenvalue weighted by Crippen LogP contribution is 2.51. The Balaban J connectivity index is 1.49. The van der Waals surface area contributed by atoms with Gasteiger partial charge in [-0.25, -0.2) is 0 Å². The number of ether oxygens (including phenoxy) is 3. The first-order chi connectivity index (χ1) is 18.6. The largest absolute Gasteiger partial charge is 0.497 e. The highest BCUT2D eigenvalue weighted by molar-refractivity contribution is 7.50. The van der Waals surface area contributed by atoms with Gasteiger partial charge in [0.05, 0.1) is 21.3 Å². The molecule has 3 saturated heterocycles. The van der Waals surface area contributed by atoms with Crippen molar-refractivity contribution < 1.29 is 14.2 Å². The summed E-state index contributed by atoms with van der Waals surface area (Å²) in [7, 11) is 4.49. The van der Waals surface area contributed by atoms with Crippen LogP contribution in [0.15, 0.2) is 72.8 Å². The molecule has 202 valence electrons. The van der Waals surface area contributed by atoms with Gasteiger partial charge in [-0.3, -0.25) is 18.9 Å². The maximum absolute atomic E-state index is 5.55. The van der Waals surface area contributed by atoms with Crippen LogP contribution in [-0.2, 0) is 19.6 Å². The lowest BCUT2D eigenvalue weighted by molar-refractivity contribution is 0.159. The summed E-state index contributed by atoms with van der Waals surface area (Å²) < 4.78 is 24.8. The minimum absolute atomic E-state index is 0.730. The van der Waals surface area contributed by atoms with Crippen LogP contribution in [-0.4, -0.2) is 79.5 Å². The molecule has 0 unspecified atom stereocenters. The third kappa shape index (κ3) is 6.66. The van der Waals surface area contributed by atoms with Crippen LogP contribution in [0.5, 0.6) is 17.2 Å². The predicted molar refractivity (Wildman–Crippen MR) is 154 cm³/mol. The highest BCUT2D eigenvalue weighted by atomic mass is 31.2. The molecule has 3 aliphatic heterocycles. The van der Waals surface area contributed by atoms with Crippen LogP contribution in [0, 0.1) is 0 Å². The normalized spacial score (nSPS) is 20.9. The van der Waals surface area contributed by atoms with Gasteiger partial charge in [-0.1, -0.05) is 36.4 Å². The molecule has 8 heteroatoms. The van der Waals surface area contributed by atoms with Gasteiger partial charge >= 0.3 is 0 Å². The topological polar surface area (TPSA) is 40.7 Å². The summed E-state index contributed by atoms with van der Waals surface area (Å²) in [6.07, 6.45) is 0. The average Bonchev–Trinajstić information content (AvgIpc) is 2.94. The Morgan fingerprint density at radius 1 is 0.526 bits per heavy atom. The first-order valence-corrected chi connectivity index (χ1v) is 14.5. The first kappa shape index (κ1) is 26.9. The van der Waals surface area contributed by atoms with Crippen LogP contribution in [0.1, 0.15) is 16.7 Å². The summed E-state index contributed by atoms with van der Waals surface area (Å²) in [6.45, 7) is 9.07. The van der Waals surface area contributed by atoms with E-state index in [0.717, 1.165) is 76.2 Å². The summed E-state index contributed by atoms with van der Waals surface area (Å²) in [6, 6.07) is 25.5. The summed E-state index contributed by atoms with van der Waals surface area (Å²) in [4.78, 5) is 2.63. The number of nitrogens with zero attached hydrogens (tertiary/aromatic N) is 4. The first-order valence-electron chi connectivity index (χ1n) is 13.3. The van der Waals surface area contributed by atoms with Gasteiger partial charge in [0.1, 0.15) is 25.6 Å². The second kappa shape index (κ2) is 12.9.